The van der Waals surface area contributed by atoms with Crippen molar-refractivity contribution in [2.24, 2.45) is 29.6 Å². The molecule has 1 amide bonds. The van der Waals surface area contributed by atoms with Gasteiger partial charge in [0.15, 0.2) is 0 Å². The van der Waals surface area contributed by atoms with Gasteiger partial charge in [0.2, 0.25) is 5.79 Å². The van der Waals surface area contributed by atoms with Crippen molar-refractivity contribution in [2.45, 2.75) is 192 Å². The Balaban J connectivity index is 1.46. The van der Waals surface area contributed by atoms with Crippen LogP contribution < -0.4 is 0 Å². The number of aryl methyl sites for hydroxylation is 1. The number of hydrogen-bond donors (Lipinski definition) is 4. The fourth-order valence-electron chi connectivity index (χ4n) is 11.2. The van der Waals surface area contributed by atoms with Crippen LogP contribution in [0.4, 0.5) is 0 Å². The summed E-state index contributed by atoms with van der Waals surface area (Å²) in [5.41, 5.74) is 2.25. The highest BCUT2D eigenvalue weighted by atomic mass is 16.7. The summed E-state index contributed by atoms with van der Waals surface area (Å²) in [5, 5.41) is 46.9. The van der Waals surface area contributed by atoms with Crippen LogP contribution >= 0.6 is 0 Å². The van der Waals surface area contributed by atoms with Crippen molar-refractivity contribution in [1.29, 1.82) is 0 Å². The number of esters is 1. The van der Waals surface area contributed by atoms with Crippen LogP contribution in [0.15, 0.2) is 47.6 Å². The molecule has 3 heterocycles. The molecule has 15 unspecified atom stereocenters. The number of aliphatic hydroxyl groups excluding tert-OH is 2. The molecule has 1 aliphatic carbocycles. The van der Waals surface area contributed by atoms with E-state index in [-0.39, 0.29) is 43.4 Å². The Morgan fingerprint density at radius 2 is 1.66 bits per heavy atom. The fraction of sp³-hybridized carbons (Fsp3) is 0.736. The number of methoxy groups -OCH3 is 3. The van der Waals surface area contributed by atoms with Gasteiger partial charge in [-0.05, 0) is 121 Å². The summed E-state index contributed by atoms with van der Waals surface area (Å²) in [6.07, 6.45) is 3.28. The summed E-state index contributed by atoms with van der Waals surface area (Å²) >= 11 is 0. The molecule has 1 aromatic carbocycles. The standard InChI is InChI=1S/C53H81NO13/c1-11-38-25-32(3)23-33(4)26-44(63-8)48-45(64-9)28-35(6)53(62,67-48)49(58)50(59)54-22-13-12-17-40(54)51(60)66-47(36(7)42(56)30-43(38)57)34(5)27-37-18-20-52(61,46(29-37)65-10)21-19-41(55)39-16-14-15-31(2)24-39/h14-16,24-25,27,33,35-38,40-42,44-48,55-56,61-62H,11-13,17-23,26,28-30H2,1-10H3/b32-25+,34-27?. The minimum absolute atomic E-state index is 0.0150. The lowest BCUT2D eigenvalue weighted by atomic mass is 9.73. The van der Waals surface area contributed by atoms with Crippen LogP contribution in [0.2, 0.25) is 0 Å². The Labute approximate surface area is 398 Å². The van der Waals surface area contributed by atoms with Crippen molar-refractivity contribution < 1.29 is 63.3 Å². The van der Waals surface area contributed by atoms with Gasteiger partial charge in [0.1, 0.15) is 24.0 Å². The van der Waals surface area contributed by atoms with Crippen molar-refractivity contribution in [3.63, 3.8) is 0 Å². The summed E-state index contributed by atoms with van der Waals surface area (Å²) in [5.74, 6) is -7.86. The maximum Gasteiger partial charge on any atom is 0.329 e. The minimum Gasteiger partial charge on any atom is -0.456 e. The number of amides is 1. The minimum atomic E-state index is -2.53. The van der Waals surface area contributed by atoms with Crippen LogP contribution in [-0.2, 0) is 42.9 Å². The van der Waals surface area contributed by atoms with Crippen LogP contribution in [0, 0.1) is 36.5 Å². The Bertz CT molecular complexity index is 1920. The number of aliphatic hydroxyl groups is 4. The molecule has 1 aromatic rings. The van der Waals surface area contributed by atoms with E-state index in [2.05, 4.69) is 0 Å². The molecular weight excluding hydrogens is 859 g/mol. The van der Waals surface area contributed by atoms with Gasteiger partial charge in [-0.1, -0.05) is 75.2 Å². The summed E-state index contributed by atoms with van der Waals surface area (Å²) in [7, 11) is 4.62. The van der Waals surface area contributed by atoms with E-state index in [9.17, 15) is 39.6 Å². The van der Waals surface area contributed by atoms with Gasteiger partial charge in [0.25, 0.3) is 11.7 Å². The second-order valence-corrected chi connectivity index (χ2v) is 20.6. The average Bonchev–Trinajstić information content (AvgIpc) is 3.31. The fourth-order valence-corrected chi connectivity index (χ4v) is 11.2. The summed E-state index contributed by atoms with van der Waals surface area (Å²) in [6.45, 7) is 13.2. The van der Waals surface area contributed by atoms with Gasteiger partial charge < -0.3 is 49.0 Å². The number of carbonyl (C=O) groups is 4. The van der Waals surface area contributed by atoms with Gasteiger partial charge in [-0.3, -0.25) is 14.4 Å². The predicted molar refractivity (Wildman–Crippen MR) is 252 cm³/mol. The Kier molecular flexibility index (Phi) is 19.5. The van der Waals surface area contributed by atoms with Crippen LogP contribution in [0.25, 0.3) is 0 Å². The molecule has 15 atom stereocenters. The lowest BCUT2D eigenvalue weighted by molar-refractivity contribution is -0.302. The van der Waals surface area contributed by atoms with E-state index in [1.165, 1.54) is 19.1 Å². The summed E-state index contributed by atoms with van der Waals surface area (Å²) < 4.78 is 30.3. The molecular formula is C53H81NO13. The van der Waals surface area contributed by atoms with Gasteiger partial charge in [-0.15, -0.1) is 0 Å². The normalized spacial score (nSPS) is 38.3. The number of allylic oxidation sites excluding steroid dienone is 3. The zero-order valence-corrected chi connectivity index (χ0v) is 41.8. The molecule has 4 N–H and O–H groups in total. The maximum atomic E-state index is 14.5. The number of piperidine rings is 1. The van der Waals surface area contributed by atoms with Crippen LogP contribution in [0.1, 0.15) is 142 Å². The number of rotatable bonds is 10. The van der Waals surface area contributed by atoms with Crippen molar-refractivity contribution in [2.75, 3.05) is 27.9 Å². The van der Waals surface area contributed by atoms with E-state index in [1.807, 2.05) is 71.0 Å². The molecule has 2 saturated heterocycles. The summed E-state index contributed by atoms with van der Waals surface area (Å²) in [4.78, 5) is 58.5. The lowest BCUT2D eigenvalue weighted by Crippen LogP contribution is -2.64. The van der Waals surface area contributed by atoms with E-state index in [4.69, 9.17) is 23.7 Å². The molecule has 5 rings (SSSR count). The highest BCUT2D eigenvalue weighted by Gasteiger charge is 2.57. The number of fused-ring (bicyclic) bond motifs is 3. The van der Waals surface area contributed by atoms with Crippen LogP contribution in [-0.4, -0.2) is 131 Å². The monoisotopic (exact) mass is 940 g/mol. The molecule has 14 heteroatoms. The van der Waals surface area contributed by atoms with Gasteiger partial charge in [-0.2, -0.15) is 0 Å². The van der Waals surface area contributed by atoms with E-state index in [0.717, 1.165) is 16.7 Å². The summed E-state index contributed by atoms with van der Waals surface area (Å²) in [6, 6.07) is 6.52. The molecule has 4 aliphatic rings. The third kappa shape index (κ3) is 13.1. The number of cyclic esters (lactones) is 1. The quantitative estimate of drug-likeness (QED) is 0.110. The molecule has 0 radical (unpaired) electrons. The van der Waals surface area contributed by atoms with Gasteiger partial charge >= 0.3 is 5.97 Å². The van der Waals surface area contributed by atoms with Gasteiger partial charge in [0.05, 0.1) is 36.1 Å². The third-order valence-electron chi connectivity index (χ3n) is 15.4. The van der Waals surface area contributed by atoms with Crippen LogP contribution in [0.3, 0.4) is 0 Å². The topological polar surface area (TPSA) is 199 Å². The first-order chi connectivity index (χ1) is 31.7. The van der Waals surface area contributed by atoms with Crippen molar-refractivity contribution in [1.82, 2.24) is 4.90 Å². The molecule has 376 valence electrons. The van der Waals surface area contributed by atoms with E-state index >= 15 is 0 Å². The zero-order chi connectivity index (χ0) is 49.4. The molecule has 3 aliphatic heterocycles. The molecule has 0 aromatic heterocycles. The maximum absolute atomic E-state index is 14.5. The molecule has 0 spiro atoms. The highest BCUT2D eigenvalue weighted by molar-refractivity contribution is 6.39. The second kappa shape index (κ2) is 24.0. The number of Topliss-reactive ketones (excluding diaryl/α,β-unsaturated/α-hetero) is 2. The first kappa shape index (κ1) is 54.6. The number of ketones is 2. The average molecular weight is 940 g/mol. The van der Waals surface area contributed by atoms with E-state index in [0.29, 0.717) is 69.8 Å². The SMILES string of the molecule is CCC1/C=C(\C)CC(C)CC(OC)C2OC(O)(C(=O)C(=O)N3CCCCC3C(=O)OC(C(C)=CC3CCC(O)(CCC(O)c4cccc(C)c4)C(OC)C3)C(C)C(O)CC1=O)C(C)CC2OC. The first-order valence-electron chi connectivity index (χ1n) is 24.8. The van der Waals surface area contributed by atoms with Crippen molar-refractivity contribution in [3.05, 3.63) is 58.7 Å². The molecule has 1 saturated carbocycles. The highest BCUT2D eigenvalue weighted by Crippen LogP contribution is 2.42. The van der Waals surface area contributed by atoms with E-state index < -0.39 is 95.6 Å². The molecule has 14 nitrogen and oxygen atoms in total. The Morgan fingerprint density at radius 1 is 0.955 bits per heavy atom. The molecule has 2 bridgehead atoms. The lowest BCUT2D eigenvalue weighted by Gasteiger charge is -2.47. The molecule has 67 heavy (non-hydrogen) atoms. The smallest absolute Gasteiger partial charge is 0.329 e. The third-order valence-corrected chi connectivity index (χ3v) is 15.4. The predicted octanol–water partition coefficient (Wildman–Crippen LogP) is 6.67. The second-order valence-electron chi connectivity index (χ2n) is 20.6. The van der Waals surface area contributed by atoms with Crippen molar-refractivity contribution in [3.8, 4) is 0 Å². The Hall–Kier alpha value is -3.34. The molecule has 3 fully saturated rings. The Morgan fingerprint density at radius 3 is 2.31 bits per heavy atom. The zero-order valence-electron chi connectivity index (χ0n) is 41.8. The number of carbonyl (C=O) groups excluding carboxylic acids is 4. The number of hydrogen-bond acceptors (Lipinski definition) is 13. The number of benzene rings is 1. The van der Waals surface area contributed by atoms with Gasteiger partial charge in [0, 0.05) is 52.0 Å². The largest absolute Gasteiger partial charge is 0.456 e. The van der Waals surface area contributed by atoms with E-state index in [1.54, 1.807) is 21.0 Å². The first-order valence-corrected chi connectivity index (χ1v) is 24.8. The van der Waals surface area contributed by atoms with Crippen LogP contribution in [0.5, 0.6) is 0 Å². The number of nitrogens with zero attached hydrogens (tertiary/aromatic N) is 1. The van der Waals surface area contributed by atoms with Crippen molar-refractivity contribution >= 4 is 23.4 Å². The van der Waals surface area contributed by atoms with Gasteiger partial charge in [-0.25, -0.2) is 4.79 Å². The number of ether oxygens (including phenoxy) is 5.